The number of aryl methyl sites for hydroxylation is 1. The minimum Gasteiger partial charge on any atom is -0.297 e. The van der Waals surface area contributed by atoms with Crippen LogP contribution < -0.4 is 0 Å². The van der Waals surface area contributed by atoms with E-state index in [4.69, 9.17) is 0 Å². The van der Waals surface area contributed by atoms with E-state index in [1.807, 2.05) is 32.6 Å². The maximum Gasteiger partial charge on any atom is 0.338 e. The first kappa shape index (κ1) is 14.2. The van der Waals surface area contributed by atoms with Crippen molar-refractivity contribution >= 4 is 32.3 Å². The Bertz CT molecular complexity index is 595. The monoisotopic (exact) mass is 344 g/mol. The molecule has 2 rings (SSSR count). The van der Waals surface area contributed by atoms with Gasteiger partial charge in [-0.15, -0.1) is 0 Å². The molecular weight excluding hydrogens is 332 g/mol. The third-order valence-corrected chi connectivity index (χ3v) is 4.46. The Labute approximate surface area is 122 Å². The fourth-order valence-electron chi connectivity index (χ4n) is 1.79. The van der Waals surface area contributed by atoms with Crippen molar-refractivity contribution in [2.45, 2.75) is 13.1 Å². The first-order valence-corrected chi connectivity index (χ1v) is 7.15. The molecule has 0 aliphatic carbocycles. The fraction of sp³-hybridized carbons (Fsp3) is 0.364. The molecule has 0 spiro atoms. The molecule has 0 unspecified atom stereocenters. The number of nitro groups is 1. The molecular formula is C11H13BrN4O2S. The predicted molar refractivity (Wildman–Crippen MR) is 77.1 cm³/mol. The minimum atomic E-state index is -0.362. The molecule has 0 aliphatic rings. The molecule has 0 radical (unpaired) electrons. The average Bonchev–Trinajstić information content (AvgIpc) is 2.85. The summed E-state index contributed by atoms with van der Waals surface area (Å²) in [6.45, 7) is 1.43. The van der Waals surface area contributed by atoms with Gasteiger partial charge in [0.1, 0.15) is 4.47 Å². The van der Waals surface area contributed by atoms with Gasteiger partial charge in [-0.2, -0.15) is 5.10 Å². The molecule has 2 heterocycles. The van der Waals surface area contributed by atoms with Crippen LogP contribution in [-0.4, -0.2) is 26.7 Å². The van der Waals surface area contributed by atoms with Crippen molar-refractivity contribution in [2.24, 2.45) is 7.05 Å². The summed E-state index contributed by atoms with van der Waals surface area (Å²) < 4.78 is 2.31. The highest BCUT2D eigenvalue weighted by atomic mass is 79.9. The summed E-state index contributed by atoms with van der Waals surface area (Å²) in [5, 5.41) is 15.0. The van der Waals surface area contributed by atoms with E-state index in [0.717, 1.165) is 17.0 Å². The number of rotatable bonds is 5. The van der Waals surface area contributed by atoms with E-state index in [1.165, 1.54) is 11.3 Å². The molecule has 2 aromatic heterocycles. The summed E-state index contributed by atoms with van der Waals surface area (Å²) in [5.41, 5.74) is 1.12. The second kappa shape index (κ2) is 5.81. The highest BCUT2D eigenvalue weighted by Gasteiger charge is 2.17. The maximum absolute atomic E-state index is 10.8. The number of aromatic nitrogens is 2. The molecule has 0 bridgehead atoms. The zero-order chi connectivity index (χ0) is 14.0. The van der Waals surface area contributed by atoms with Gasteiger partial charge in [0.15, 0.2) is 0 Å². The van der Waals surface area contributed by atoms with Crippen LogP contribution in [0.3, 0.4) is 0 Å². The van der Waals surface area contributed by atoms with E-state index < -0.39 is 0 Å². The van der Waals surface area contributed by atoms with Gasteiger partial charge >= 0.3 is 5.00 Å². The first-order chi connectivity index (χ1) is 8.95. The number of nitrogens with zero attached hydrogens (tertiary/aromatic N) is 4. The summed E-state index contributed by atoms with van der Waals surface area (Å²) >= 11 is 4.42. The van der Waals surface area contributed by atoms with Crippen molar-refractivity contribution in [1.29, 1.82) is 0 Å². The fourth-order valence-corrected chi connectivity index (χ4v) is 3.55. The molecule has 19 heavy (non-hydrogen) atoms. The van der Waals surface area contributed by atoms with Crippen LogP contribution in [0.4, 0.5) is 5.00 Å². The van der Waals surface area contributed by atoms with Gasteiger partial charge in [-0.1, -0.05) is 11.3 Å². The molecule has 6 nitrogen and oxygen atoms in total. The van der Waals surface area contributed by atoms with Crippen molar-refractivity contribution in [2.75, 3.05) is 7.05 Å². The largest absolute Gasteiger partial charge is 0.338 e. The summed E-state index contributed by atoms with van der Waals surface area (Å²) in [7, 11) is 3.86. The Hall–Kier alpha value is -1.25. The van der Waals surface area contributed by atoms with E-state index in [1.54, 1.807) is 4.68 Å². The Kier molecular flexibility index (Phi) is 4.33. The molecule has 0 fully saturated rings. The lowest BCUT2D eigenvalue weighted by molar-refractivity contribution is -0.380. The lowest BCUT2D eigenvalue weighted by atomic mass is 10.3. The zero-order valence-electron chi connectivity index (χ0n) is 10.5. The third kappa shape index (κ3) is 3.62. The van der Waals surface area contributed by atoms with Crippen molar-refractivity contribution in [3.05, 3.63) is 43.5 Å². The van der Waals surface area contributed by atoms with Gasteiger partial charge in [0.2, 0.25) is 0 Å². The number of hydrogen-bond acceptors (Lipinski definition) is 5. The quantitative estimate of drug-likeness (QED) is 0.617. The molecule has 0 aromatic carbocycles. The topological polar surface area (TPSA) is 64.2 Å². The van der Waals surface area contributed by atoms with Crippen LogP contribution in [0.1, 0.15) is 10.4 Å². The smallest absolute Gasteiger partial charge is 0.297 e. The summed E-state index contributed by atoms with van der Waals surface area (Å²) in [5.74, 6) is 0. The predicted octanol–water partition coefficient (Wildman–Crippen LogP) is 2.78. The van der Waals surface area contributed by atoms with Crippen LogP contribution in [0.5, 0.6) is 0 Å². The third-order valence-electron chi connectivity index (χ3n) is 2.52. The van der Waals surface area contributed by atoms with Crippen LogP contribution >= 0.6 is 27.3 Å². The Morgan fingerprint density at radius 1 is 1.58 bits per heavy atom. The summed E-state index contributed by atoms with van der Waals surface area (Å²) in [6.07, 6.45) is 3.78. The van der Waals surface area contributed by atoms with Crippen LogP contribution in [-0.2, 0) is 20.1 Å². The molecule has 0 aliphatic heterocycles. The van der Waals surface area contributed by atoms with Gasteiger partial charge in [0, 0.05) is 36.8 Å². The minimum absolute atomic E-state index is 0.157. The van der Waals surface area contributed by atoms with E-state index in [2.05, 4.69) is 25.9 Å². The lowest BCUT2D eigenvalue weighted by Gasteiger charge is -2.13. The average molecular weight is 345 g/mol. The molecule has 0 atom stereocenters. The number of thiophene rings is 1. The summed E-state index contributed by atoms with van der Waals surface area (Å²) in [6, 6.07) is 1.81. The molecule has 0 amide bonds. The molecule has 0 N–H and O–H groups in total. The summed E-state index contributed by atoms with van der Waals surface area (Å²) in [4.78, 5) is 13.5. The van der Waals surface area contributed by atoms with Crippen molar-refractivity contribution in [3.63, 3.8) is 0 Å². The number of hydrogen-bond donors (Lipinski definition) is 0. The van der Waals surface area contributed by atoms with Crippen LogP contribution in [0, 0.1) is 10.1 Å². The lowest BCUT2D eigenvalue weighted by Crippen LogP contribution is -2.16. The van der Waals surface area contributed by atoms with Gasteiger partial charge in [0.25, 0.3) is 0 Å². The van der Waals surface area contributed by atoms with Gasteiger partial charge in [-0.3, -0.25) is 19.7 Å². The van der Waals surface area contributed by atoms with Crippen LogP contribution in [0.2, 0.25) is 0 Å². The van der Waals surface area contributed by atoms with Crippen molar-refractivity contribution < 1.29 is 4.92 Å². The first-order valence-electron chi connectivity index (χ1n) is 5.54. The van der Waals surface area contributed by atoms with E-state index >= 15 is 0 Å². The molecule has 2 aromatic rings. The van der Waals surface area contributed by atoms with Gasteiger partial charge in [-0.05, 0) is 29.0 Å². The van der Waals surface area contributed by atoms with Gasteiger partial charge in [-0.25, -0.2) is 0 Å². The molecule has 0 saturated carbocycles. The second-order valence-corrected chi connectivity index (χ2v) is 6.29. The van der Waals surface area contributed by atoms with Gasteiger partial charge < -0.3 is 0 Å². The highest BCUT2D eigenvalue weighted by Crippen LogP contribution is 2.34. The van der Waals surface area contributed by atoms with E-state index in [0.29, 0.717) is 11.0 Å². The second-order valence-electron chi connectivity index (χ2n) is 4.32. The Morgan fingerprint density at radius 2 is 2.32 bits per heavy atom. The molecule has 0 saturated heterocycles. The normalized spacial score (nSPS) is 11.2. The Morgan fingerprint density at radius 3 is 2.84 bits per heavy atom. The standard InChI is InChI=1S/C11H13BrN4O2S/c1-14(5-8-4-13-15(2)6-8)7-9-3-10(12)11(19-9)16(17)18/h3-4,6H,5,7H2,1-2H3. The number of halogens is 1. The molecule has 102 valence electrons. The SMILES string of the molecule is CN(Cc1cnn(C)c1)Cc1cc(Br)c([N+](=O)[O-])s1. The molecule has 8 heteroatoms. The van der Waals surface area contributed by atoms with Crippen LogP contribution in [0.25, 0.3) is 0 Å². The van der Waals surface area contributed by atoms with E-state index in [9.17, 15) is 10.1 Å². The van der Waals surface area contributed by atoms with Crippen LogP contribution in [0.15, 0.2) is 22.9 Å². The van der Waals surface area contributed by atoms with E-state index in [-0.39, 0.29) is 9.92 Å². The zero-order valence-corrected chi connectivity index (χ0v) is 12.9. The van der Waals surface area contributed by atoms with Crippen molar-refractivity contribution in [3.8, 4) is 0 Å². The van der Waals surface area contributed by atoms with Gasteiger partial charge in [0.05, 0.1) is 11.1 Å². The highest BCUT2D eigenvalue weighted by molar-refractivity contribution is 9.10. The van der Waals surface area contributed by atoms with Crippen molar-refractivity contribution in [1.82, 2.24) is 14.7 Å². The maximum atomic E-state index is 10.8. The Balaban J connectivity index is 2.00.